The maximum atomic E-state index is 12.3. The number of carboxylic acid groups (broad SMARTS) is 1. The quantitative estimate of drug-likeness (QED) is 0.618. The van der Waals surface area contributed by atoms with Gasteiger partial charge in [0.2, 0.25) is 0 Å². The maximum Gasteiger partial charge on any atom is 0.326 e. The van der Waals surface area contributed by atoms with Crippen LogP contribution in [0.15, 0.2) is 24.3 Å². The van der Waals surface area contributed by atoms with E-state index in [1.54, 1.807) is 24.3 Å². The van der Waals surface area contributed by atoms with E-state index in [4.69, 9.17) is 0 Å². The van der Waals surface area contributed by atoms with Gasteiger partial charge in [0, 0.05) is 0 Å². The summed E-state index contributed by atoms with van der Waals surface area (Å²) in [5, 5.41) is 9.36. The molecule has 0 bridgehead atoms. The number of amides is 2. The summed E-state index contributed by atoms with van der Waals surface area (Å²) in [5.74, 6) is -2.13. The van der Waals surface area contributed by atoms with Crippen molar-refractivity contribution in [3.63, 3.8) is 0 Å². The number of hydrogen-bond donors (Lipinski definition) is 1. The van der Waals surface area contributed by atoms with Crippen LogP contribution >= 0.6 is 0 Å². The van der Waals surface area contributed by atoms with Gasteiger partial charge in [-0.1, -0.05) is 44.7 Å². The predicted molar refractivity (Wildman–Crippen MR) is 77.1 cm³/mol. The summed E-state index contributed by atoms with van der Waals surface area (Å²) in [7, 11) is 0. The molecule has 1 aromatic rings. The molecule has 1 aromatic carbocycles. The third-order valence-electron chi connectivity index (χ3n) is 3.75. The second-order valence-corrected chi connectivity index (χ2v) is 5.23. The lowest BCUT2D eigenvalue weighted by Gasteiger charge is -2.22. The summed E-state index contributed by atoms with van der Waals surface area (Å²) in [4.78, 5) is 36.9. The molecule has 1 unspecified atom stereocenters. The molecular formula is C16H19NO4. The Bertz CT molecular complexity index is 532. The molecule has 5 heteroatoms. The summed E-state index contributed by atoms with van der Waals surface area (Å²) in [5.41, 5.74) is 0.588. The monoisotopic (exact) mass is 289 g/mol. The fourth-order valence-electron chi connectivity index (χ4n) is 2.62. The second-order valence-electron chi connectivity index (χ2n) is 5.23. The lowest BCUT2D eigenvalue weighted by atomic mass is 10.1. The van der Waals surface area contributed by atoms with Crippen molar-refractivity contribution in [2.24, 2.45) is 0 Å². The number of carbonyl (C=O) groups excluding carboxylic acids is 2. The van der Waals surface area contributed by atoms with E-state index in [-0.39, 0.29) is 0 Å². The Hall–Kier alpha value is -2.17. The molecule has 0 saturated heterocycles. The summed E-state index contributed by atoms with van der Waals surface area (Å²) < 4.78 is 0. The van der Waals surface area contributed by atoms with Gasteiger partial charge < -0.3 is 5.11 Å². The van der Waals surface area contributed by atoms with Gasteiger partial charge in [0.25, 0.3) is 11.8 Å². The average molecular weight is 289 g/mol. The first-order valence-corrected chi connectivity index (χ1v) is 7.27. The van der Waals surface area contributed by atoms with Crippen LogP contribution in [0.5, 0.6) is 0 Å². The Morgan fingerprint density at radius 3 is 2.14 bits per heavy atom. The molecule has 1 aliphatic heterocycles. The summed E-state index contributed by atoms with van der Waals surface area (Å²) in [6.45, 7) is 2.07. The maximum absolute atomic E-state index is 12.3. The largest absolute Gasteiger partial charge is 0.480 e. The minimum atomic E-state index is -1.12. The Kier molecular flexibility index (Phi) is 4.73. The van der Waals surface area contributed by atoms with Gasteiger partial charge >= 0.3 is 5.97 Å². The molecule has 1 N–H and O–H groups in total. The first-order chi connectivity index (χ1) is 10.1. The number of imide groups is 1. The normalized spacial score (nSPS) is 15.2. The molecule has 0 radical (unpaired) electrons. The van der Waals surface area contributed by atoms with E-state index < -0.39 is 23.8 Å². The highest BCUT2D eigenvalue weighted by Crippen LogP contribution is 2.26. The fourth-order valence-corrected chi connectivity index (χ4v) is 2.62. The third kappa shape index (κ3) is 2.96. The highest BCUT2D eigenvalue weighted by Gasteiger charge is 2.42. The van der Waals surface area contributed by atoms with Gasteiger partial charge in [0.15, 0.2) is 0 Å². The van der Waals surface area contributed by atoms with Crippen molar-refractivity contribution in [1.29, 1.82) is 0 Å². The van der Waals surface area contributed by atoms with Crippen molar-refractivity contribution < 1.29 is 19.5 Å². The molecule has 21 heavy (non-hydrogen) atoms. The molecule has 0 spiro atoms. The first-order valence-electron chi connectivity index (χ1n) is 7.27. The average Bonchev–Trinajstić information content (AvgIpc) is 2.72. The zero-order valence-electron chi connectivity index (χ0n) is 12.0. The molecule has 0 fully saturated rings. The fraction of sp³-hybridized carbons (Fsp3) is 0.438. The van der Waals surface area contributed by atoms with E-state index in [1.165, 1.54) is 0 Å². The standard InChI is InChI=1S/C16H19NO4/c1-2-3-4-5-10-13(16(20)21)17-14(18)11-8-6-7-9-12(11)15(17)19/h6-9,13H,2-5,10H2,1H3,(H,20,21). The molecule has 1 heterocycles. The first kappa shape index (κ1) is 15.2. The highest BCUT2D eigenvalue weighted by atomic mass is 16.4. The van der Waals surface area contributed by atoms with Gasteiger partial charge in [-0.2, -0.15) is 0 Å². The van der Waals surface area contributed by atoms with Crippen LogP contribution in [0, 0.1) is 0 Å². The molecule has 2 rings (SSSR count). The number of nitrogens with zero attached hydrogens (tertiary/aromatic N) is 1. The van der Waals surface area contributed by atoms with Crippen LogP contribution < -0.4 is 0 Å². The van der Waals surface area contributed by atoms with Crippen LogP contribution in [0.25, 0.3) is 0 Å². The molecule has 0 aliphatic carbocycles. The number of carboxylic acids is 1. The molecule has 112 valence electrons. The van der Waals surface area contributed by atoms with Gasteiger partial charge in [-0.3, -0.25) is 14.5 Å². The van der Waals surface area contributed by atoms with Gasteiger partial charge in [-0.05, 0) is 18.6 Å². The highest BCUT2D eigenvalue weighted by molar-refractivity contribution is 6.22. The Balaban J connectivity index is 2.17. The number of rotatable bonds is 7. The van der Waals surface area contributed by atoms with Crippen LogP contribution in [0.4, 0.5) is 0 Å². The number of benzene rings is 1. The van der Waals surface area contributed by atoms with Crippen LogP contribution in [0.1, 0.15) is 59.7 Å². The number of hydrogen-bond acceptors (Lipinski definition) is 3. The van der Waals surface area contributed by atoms with Crippen molar-refractivity contribution >= 4 is 17.8 Å². The van der Waals surface area contributed by atoms with Crippen LogP contribution in [0.2, 0.25) is 0 Å². The van der Waals surface area contributed by atoms with Gasteiger partial charge in [0.05, 0.1) is 11.1 Å². The smallest absolute Gasteiger partial charge is 0.326 e. The van der Waals surface area contributed by atoms with Crippen LogP contribution in [-0.4, -0.2) is 33.8 Å². The van der Waals surface area contributed by atoms with Crippen molar-refractivity contribution in [2.45, 2.75) is 45.1 Å². The van der Waals surface area contributed by atoms with E-state index in [0.717, 1.165) is 24.2 Å². The zero-order valence-corrected chi connectivity index (χ0v) is 12.0. The third-order valence-corrected chi connectivity index (χ3v) is 3.75. The molecular weight excluding hydrogens is 270 g/mol. The molecule has 5 nitrogen and oxygen atoms in total. The summed E-state index contributed by atoms with van der Waals surface area (Å²) >= 11 is 0. The van der Waals surface area contributed by atoms with Crippen LogP contribution in [-0.2, 0) is 4.79 Å². The Morgan fingerprint density at radius 1 is 1.10 bits per heavy atom. The molecule has 1 aliphatic rings. The van der Waals surface area contributed by atoms with E-state index in [1.807, 2.05) is 0 Å². The molecule has 0 saturated carbocycles. The second kappa shape index (κ2) is 6.52. The molecule has 1 atom stereocenters. The number of carbonyl (C=O) groups is 3. The minimum absolute atomic E-state index is 0.294. The van der Waals surface area contributed by atoms with E-state index >= 15 is 0 Å². The summed E-state index contributed by atoms with van der Waals surface area (Å²) in [6.07, 6.45) is 3.97. The molecule has 0 aromatic heterocycles. The van der Waals surface area contributed by atoms with Gasteiger partial charge in [0.1, 0.15) is 6.04 Å². The predicted octanol–water partition coefficient (Wildman–Crippen LogP) is 2.71. The molecule has 2 amide bonds. The number of unbranched alkanes of at least 4 members (excludes halogenated alkanes) is 3. The Labute approximate surface area is 123 Å². The number of aliphatic carboxylic acids is 1. The van der Waals surface area contributed by atoms with Gasteiger partial charge in [-0.25, -0.2) is 4.79 Å². The zero-order chi connectivity index (χ0) is 15.4. The van der Waals surface area contributed by atoms with E-state index in [0.29, 0.717) is 24.0 Å². The van der Waals surface area contributed by atoms with Crippen molar-refractivity contribution in [2.75, 3.05) is 0 Å². The minimum Gasteiger partial charge on any atom is -0.480 e. The van der Waals surface area contributed by atoms with E-state index in [9.17, 15) is 19.5 Å². The SMILES string of the molecule is CCCCCCC(C(=O)O)N1C(=O)c2ccccc2C1=O. The number of fused-ring (bicyclic) bond motifs is 1. The van der Waals surface area contributed by atoms with Crippen LogP contribution in [0.3, 0.4) is 0 Å². The Morgan fingerprint density at radius 2 is 1.67 bits per heavy atom. The van der Waals surface area contributed by atoms with E-state index in [2.05, 4.69) is 6.92 Å². The summed E-state index contributed by atoms with van der Waals surface area (Å²) in [6, 6.07) is 5.39. The lowest BCUT2D eigenvalue weighted by Crippen LogP contribution is -2.44. The van der Waals surface area contributed by atoms with Crippen molar-refractivity contribution in [3.8, 4) is 0 Å². The topological polar surface area (TPSA) is 74.7 Å². The van der Waals surface area contributed by atoms with Crippen molar-refractivity contribution in [3.05, 3.63) is 35.4 Å². The van der Waals surface area contributed by atoms with Gasteiger partial charge in [-0.15, -0.1) is 0 Å². The lowest BCUT2D eigenvalue weighted by molar-refractivity contribution is -0.141. The van der Waals surface area contributed by atoms with Crippen molar-refractivity contribution in [1.82, 2.24) is 4.90 Å².